The molecule has 0 spiro atoms. The number of benzene rings is 1. The van der Waals surface area contributed by atoms with E-state index in [0.29, 0.717) is 6.04 Å². The average Bonchev–Trinajstić information content (AvgIpc) is 2.85. The fraction of sp³-hybridized carbons (Fsp3) is 0.400. The predicted molar refractivity (Wildman–Crippen MR) is 82.6 cm³/mol. The van der Waals surface area contributed by atoms with E-state index in [2.05, 4.69) is 69.8 Å². The summed E-state index contributed by atoms with van der Waals surface area (Å²) in [7, 11) is 0. The fourth-order valence-corrected chi connectivity index (χ4v) is 2.39. The molecule has 0 aliphatic carbocycles. The number of aromatic nitrogens is 2. The van der Waals surface area contributed by atoms with Crippen LogP contribution in [0.5, 0.6) is 0 Å². The Morgan fingerprint density at radius 3 is 2.84 bits per heavy atom. The highest BCUT2D eigenvalue weighted by molar-refractivity contribution is 9.10. The smallest absolute Gasteiger partial charge is 0.112 e. The summed E-state index contributed by atoms with van der Waals surface area (Å²) in [5.74, 6) is 1.09. The summed E-state index contributed by atoms with van der Waals surface area (Å²) in [5, 5.41) is 3.47. The number of hydrogen-bond acceptors (Lipinski definition) is 2. The third kappa shape index (κ3) is 3.45. The molecule has 102 valence electrons. The van der Waals surface area contributed by atoms with Gasteiger partial charge < -0.3 is 9.88 Å². The molecule has 0 saturated heterocycles. The zero-order valence-corrected chi connectivity index (χ0v) is 13.2. The molecule has 0 aliphatic heterocycles. The summed E-state index contributed by atoms with van der Waals surface area (Å²) in [4.78, 5) is 4.40. The molecule has 1 aromatic heterocycles. The standard InChI is InChI=1S/C15H20BrN3/c1-4-15-17-7-8-19(15)14-9-13(16)6-5-12(14)10-18-11(2)3/h5-9,11,18H,4,10H2,1-3H3. The van der Waals surface area contributed by atoms with Gasteiger partial charge in [-0.3, -0.25) is 0 Å². The fourth-order valence-electron chi connectivity index (χ4n) is 2.04. The summed E-state index contributed by atoms with van der Waals surface area (Å²) in [6.07, 6.45) is 4.81. The van der Waals surface area contributed by atoms with Crippen molar-refractivity contribution in [1.82, 2.24) is 14.9 Å². The average molecular weight is 322 g/mol. The van der Waals surface area contributed by atoms with Crippen LogP contribution in [0.3, 0.4) is 0 Å². The first kappa shape index (κ1) is 14.3. The lowest BCUT2D eigenvalue weighted by atomic mass is 10.1. The van der Waals surface area contributed by atoms with Gasteiger partial charge >= 0.3 is 0 Å². The summed E-state index contributed by atoms with van der Waals surface area (Å²) >= 11 is 3.55. The molecule has 0 radical (unpaired) electrons. The first-order chi connectivity index (χ1) is 9.11. The predicted octanol–water partition coefficient (Wildman–Crippen LogP) is 3.70. The molecule has 2 rings (SSSR count). The summed E-state index contributed by atoms with van der Waals surface area (Å²) in [6.45, 7) is 7.31. The Hall–Kier alpha value is -1.13. The van der Waals surface area contributed by atoms with Crippen molar-refractivity contribution in [3.8, 4) is 5.69 Å². The molecule has 0 bridgehead atoms. The van der Waals surface area contributed by atoms with Gasteiger partial charge in [-0.15, -0.1) is 0 Å². The minimum absolute atomic E-state index is 0.477. The highest BCUT2D eigenvalue weighted by atomic mass is 79.9. The first-order valence-corrected chi connectivity index (χ1v) is 7.45. The number of imidazole rings is 1. The molecule has 4 heteroatoms. The minimum Gasteiger partial charge on any atom is -0.310 e. The maximum absolute atomic E-state index is 4.40. The van der Waals surface area contributed by atoms with Gasteiger partial charge in [-0.1, -0.05) is 42.8 Å². The molecule has 0 atom stereocenters. The van der Waals surface area contributed by atoms with E-state index in [0.717, 1.165) is 23.3 Å². The van der Waals surface area contributed by atoms with Gasteiger partial charge in [-0.25, -0.2) is 4.98 Å². The van der Waals surface area contributed by atoms with Crippen LogP contribution in [0, 0.1) is 0 Å². The number of aryl methyl sites for hydroxylation is 1. The summed E-state index contributed by atoms with van der Waals surface area (Å²) < 4.78 is 3.26. The van der Waals surface area contributed by atoms with Crippen LogP contribution in [-0.2, 0) is 13.0 Å². The van der Waals surface area contributed by atoms with E-state index >= 15 is 0 Å². The summed E-state index contributed by atoms with van der Waals surface area (Å²) in [5.41, 5.74) is 2.47. The van der Waals surface area contributed by atoms with E-state index in [9.17, 15) is 0 Å². The van der Waals surface area contributed by atoms with Crippen LogP contribution in [0.1, 0.15) is 32.2 Å². The van der Waals surface area contributed by atoms with E-state index in [4.69, 9.17) is 0 Å². The van der Waals surface area contributed by atoms with Gasteiger partial charge in [0.15, 0.2) is 0 Å². The Kier molecular flexibility index (Phi) is 4.77. The van der Waals surface area contributed by atoms with Crippen molar-refractivity contribution in [2.75, 3.05) is 0 Å². The van der Waals surface area contributed by atoms with Crippen LogP contribution < -0.4 is 5.32 Å². The number of hydrogen-bond donors (Lipinski definition) is 1. The molecule has 0 saturated carbocycles. The minimum atomic E-state index is 0.477. The maximum atomic E-state index is 4.40. The normalized spacial score (nSPS) is 11.2. The molecule has 1 N–H and O–H groups in total. The van der Waals surface area contributed by atoms with Gasteiger partial charge in [-0.05, 0) is 17.7 Å². The molecule has 1 aromatic carbocycles. The molecule has 3 nitrogen and oxygen atoms in total. The molecular formula is C15H20BrN3. The van der Waals surface area contributed by atoms with Crippen molar-refractivity contribution in [2.24, 2.45) is 0 Å². The molecular weight excluding hydrogens is 302 g/mol. The lowest BCUT2D eigenvalue weighted by Gasteiger charge is -2.15. The highest BCUT2D eigenvalue weighted by Gasteiger charge is 2.09. The maximum Gasteiger partial charge on any atom is 0.112 e. The van der Waals surface area contributed by atoms with Crippen LogP contribution in [0.4, 0.5) is 0 Å². The van der Waals surface area contributed by atoms with Gasteiger partial charge in [0.2, 0.25) is 0 Å². The Balaban J connectivity index is 2.40. The Labute approximate surface area is 123 Å². The largest absolute Gasteiger partial charge is 0.310 e. The van der Waals surface area contributed by atoms with E-state index in [1.807, 2.05) is 12.4 Å². The van der Waals surface area contributed by atoms with Crippen LogP contribution >= 0.6 is 15.9 Å². The molecule has 0 unspecified atom stereocenters. The lowest BCUT2D eigenvalue weighted by Crippen LogP contribution is -2.22. The molecule has 0 aliphatic rings. The first-order valence-electron chi connectivity index (χ1n) is 6.66. The van der Waals surface area contributed by atoms with Crippen molar-refractivity contribution in [2.45, 2.75) is 39.8 Å². The van der Waals surface area contributed by atoms with Crippen LogP contribution in [-0.4, -0.2) is 15.6 Å². The van der Waals surface area contributed by atoms with Crippen molar-refractivity contribution in [3.05, 3.63) is 46.5 Å². The van der Waals surface area contributed by atoms with E-state index in [1.165, 1.54) is 11.3 Å². The zero-order chi connectivity index (χ0) is 13.8. The highest BCUT2D eigenvalue weighted by Crippen LogP contribution is 2.22. The van der Waals surface area contributed by atoms with Gasteiger partial charge in [0.05, 0.1) is 5.69 Å². The molecule has 0 amide bonds. The van der Waals surface area contributed by atoms with E-state index < -0.39 is 0 Å². The van der Waals surface area contributed by atoms with Crippen molar-refractivity contribution in [3.63, 3.8) is 0 Å². The number of rotatable bonds is 5. The zero-order valence-electron chi connectivity index (χ0n) is 11.7. The third-order valence-corrected chi connectivity index (χ3v) is 3.53. The molecule has 2 aromatic rings. The second kappa shape index (κ2) is 6.35. The van der Waals surface area contributed by atoms with Gasteiger partial charge in [0, 0.05) is 35.9 Å². The van der Waals surface area contributed by atoms with Crippen molar-refractivity contribution in [1.29, 1.82) is 0 Å². The van der Waals surface area contributed by atoms with Crippen LogP contribution in [0.2, 0.25) is 0 Å². The summed E-state index contributed by atoms with van der Waals surface area (Å²) in [6, 6.07) is 6.88. The number of nitrogens with one attached hydrogen (secondary N) is 1. The van der Waals surface area contributed by atoms with Crippen LogP contribution in [0.15, 0.2) is 35.1 Å². The molecule has 19 heavy (non-hydrogen) atoms. The lowest BCUT2D eigenvalue weighted by molar-refractivity contribution is 0.587. The van der Waals surface area contributed by atoms with Gasteiger partial charge in [-0.2, -0.15) is 0 Å². The SMILES string of the molecule is CCc1nccn1-c1cc(Br)ccc1CNC(C)C. The van der Waals surface area contributed by atoms with Crippen molar-refractivity contribution >= 4 is 15.9 Å². The number of nitrogens with zero attached hydrogens (tertiary/aromatic N) is 2. The number of halogens is 1. The third-order valence-electron chi connectivity index (χ3n) is 3.04. The van der Waals surface area contributed by atoms with Crippen LogP contribution in [0.25, 0.3) is 5.69 Å². The van der Waals surface area contributed by atoms with E-state index in [-0.39, 0.29) is 0 Å². The monoisotopic (exact) mass is 321 g/mol. The second-order valence-electron chi connectivity index (χ2n) is 4.88. The van der Waals surface area contributed by atoms with Crippen molar-refractivity contribution < 1.29 is 0 Å². The quantitative estimate of drug-likeness (QED) is 0.910. The topological polar surface area (TPSA) is 29.9 Å². The molecule has 1 heterocycles. The Morgan fingerprint density at radius 2 is 2.16 bits per heavy atom. The van der Waals surface area contributed by atoms with Gasteiger partial charge in [0.25, 0.3) is 0 Å². The molecule has 0 fully saturated rings. The van der Waals surface area contributed by atoms with Gasteiger partial charge in [0.1, 0.15) is 5.82 Å². The second-order valence-corrected chi connectivity index (χ2v) is 5.79. The Morgan fingerprint density at radius 1 is 1.37 bits per heavy atom. The van der Waals surface area contributed by atoms with E-state index in [1.54, 1.807) is 0 Å². The Bertz CT molecular complexity index is 546.